The zero-order valence-corrected chi connectivity index (χ0v) is 8.59. The molecule has 0 saturated carbocycles. The Morgan fingerprint density at radius 2 is 2.15 bits per heavy atom. The number of anilines is 1. The minimum Gasteiger partial charge on any atom is -0.371 e. The van der Waals surface area contributed by atoms with Crippen molar-refractivity contribution in [2.75, 3.05) is 18.0 Å². The number of unbranched alkanes of at least 4 members (excludes halogenated alkanes) is 1. The lowest BCUT2D eigenvalue weighted by molar-refractivity contribution is 0.732. The molecule has 0 spiro atoms. The van der Waals surface area contributed by atoms with Gasteiger partial charge in [0.1, 0.15) is 0 Å². The van der Waals surface area contributed by atoms with Gasteiger partial charge in [0.15, 0.2) is 0 Å². The largest absolute Gasteiger partial charge is 0.371 e. The van der Waals surface area contributed by atoms with Crippen molar-refractivity contribution in [2.45, 2.75) is 26.7 Å². The summed E-state index contributed by atoms with van der Waals surface area (Å²) in [6.07, 6.45) is 2.51. The third kappa shape index (κ3) is 3.10. The molecular formula is C12H18N. The molecule has 0 aliphatic carbocycles. The highest BCUT2D eigenvalue weighted by Gasteiger charge is 2.01. The summed E-state index contributed by atoms with van der Waals surface area (Å²) in [5.41, 5.74) is 1.22. The summed E-state index contributed by atoms with van der Waals surface area (Å²) in [5, 5.41) is 0. The number of rotatable bonds is 5. The summed E-state index contributed by atoms with van der Waals surface area (Å²) in [6.45, 7) is 6.63. The molecule has 0 fully saturated rings. The van der Waals surface area contributed by atoms with Crippen molar-refractivity contribution in [1.82, 2.24) is 0 Å². The van der Waals surface area contributed by atoms with Gasteiger partial charge in [-0.2, -0.15) is 0 Å². The number of benzene rings is 1. The van der Waals surface area contributed by atoms with Gasteiger partial charge in [0.25, 0.3) is 0 Å². The molecule has 0 bridgehead atoms. The lowest BCUT2D eigenvalue weighted by Crippen LogP contribution is -2.23. The first-order valence-corrected chi connectivity index (χ1v) is 5.10. The first kappa shape index (κ1) is 10.1. The van der Waals surface area contributed by atoms with Gasteiger partial charge in [-0.05, 0) is 19.4 Å². The van der Waals surface area contributed by atoms with E-state index >= 15 is 0 Å². The summed E-state index contributed by atoms with van der Waals surface area (Å²) in [6, 6.07) is 11.4. The highest BCUT2D eigenvalue weighted by atomic mass is 15.1. The van der Waals surface area contributed by atoms with Crippen LogP contribution in [0.15, 0.2) is 24.3 Å². The average molecular weight is 176 g/mol. The van der Waals surface area contributed by atoms with Crippen molar-refractivity contribution in [3.8, 4) is 0 Å². The molecule has 1 heteroatoms. The predicted molar refractivity (Wildman–Crippen MR) is 58.1 cm³/mol. The third-order valence-electron chi connectivity index (χ3n) is 2.20. The monoisotopic (exact) mass is 176 g/mol. The molecule has 1 nitrogen and oxygen atoms in total. The Morgan fingerprint density at radius 3 is 2.69 bits per heavy atom. The minimum absolute atomic E-state index is 1.07. The van der Waals surface area contributed by atoms with Crippen LogP contribution in [0.4, 0.5) is 5.69 Å². The summed E-state index contributed by atoms with van der Waals surface area (Å²) < 4.78 is 0. The molecule has 0 aromatic heterocycles. The molecule has 13 heavy (non-hydrogen) atoms. The standard InChI is InChI=1S/C12H18N/c1-3-5-11-13(4-2)12-9-7-6-8-10-12/h6-9H,3-5,11H2,1-2H3. The van der Waals surface area contributed by atoms with E-state index in [1.807, 2.05) is 12.1 Å². The highest BCUT2D eigenvalue weighted by Crippen LogP contribution is 2.12. The molecule has 0 N–H and O–H groups in total. The topological polar surface area (TPSA) is 3.24 Å². The first-order valence-electron chi connectivity index (χ1n) is 5.10. The molecule has 0 aliphatic heterocycles. The molecule has 0 heterocycles. The molecule has 0 saturated heterocycles. The molecule has 0 unspecified atom stereocenters. The Hall–Kier alpha value is -0.980. The van der Waals surface area contributed by atoms with Crippen molar-refractivity contribution in [2.24, 2.45) is 0 Å². The van der Waals surface area contributed by atoms with Gasteiger partial charge in [-0.15, -0.1) is 0 Å². The maximum Gasteiger partial charge on any atom is 0.0446 e. The van der Waals surface area contributed by atoms with Gasteiger partial charge in [-0.3, -0.25) is 0 Å². The van der Waals surface area contributed by atoms with Crippen LogP contribution < -0.4 is 4.90 Å². The van der Waals surface area contributed by atoms with E-state index in [0.29, 0.717) is 0 Å². The zero-order valence-electron chi connectivity index (χ0n) is 8.59. The normalized spacial score (nSPS) is 10.0. The first-order chi connectivity index (χ1) is 6.38. The predicted octanol–water partition coefficient (Wildman–Crippen LogP) is 3.11. The van der Waals surface area contributed by atoms with E-state index in [1.165, 1.54) is 18.5 Å². The Bertz CT molecular complexity index is 218. The van der Waals surface area contributed by atoms with Crippen molar-refractivity contribution < 1.29 is 0 Å². The fraction of sp³-hybridized carbons (Fsp3) is 0.500. The Balaban J connectivity index is 2.56. The lowest BCUT2D eigenvalue weighted by Gasteiger charge is -2.22. The summed E-state index contributed by atoms with van der Waals surface area (Å²) in [5.74, 6) is 0. The number of hydrogen-bond donors (Lipinski definition) is 0. The van der Waals surface area contributed by atoms with Crippen LogP contribution in [0.1, 0.15) is 26.7 Å². The van der Waals surface area contributed by atoms with Crippen molar-refractivity contribution >= 4 is 5.69 Å². The van der Waals surface area contributed by atoms with Crippen LogP contribution in [-0.2, 0) is 0 Å². The van der Waals surface area contributed by atoms with Gasteiger partial charge in [-0.25, -0.2) is 0 Å². The van der Waals surface area contributed by atoms with Crippen molar-refractivity contribution in [3.05, 3.63) is 30.3 Å². The second-order valence-corrected chi connectivity index (χ2v) is 3.18. The van der Waals surface area contributed by atoms with E-state index in [4.69, 9.17) is 0 Å². The van der Waals surface area contributed by atoms with Crippen molar-refractivity contribution in [3.63, 3.8) is 0 Å². The zero-order chi connectivity index (χ0) is 9.52. The summed E-state index contributed by atoms with van der Waals surface area (Å²) >= 11 is 0. The van der Waals surface area contributed by atoms with Crippen molar-refractivity contribution in [1.29, 1.82) is 0 Å². The van der Waals surface area contributed by atoms with Gasteiger partial charge in [0.2, 0.25) is 0 Å². The van der Waals surface area contributed by atoms with Crippen LogP contribution in [-0.4, -0.2) is 13.1 Å². The second-order valence-electron chi connectivity index (χ2n) is 3.18. The maximum atomic E-state index is 3.25. The van der Waals surface area contributed by atoms with E-state index in [0.717, 1.165) is 13.1 Å². The average Bonchev–Trinajstić information content (AvgIpc) is 2.21. The van der Waals surface area contributed by atoms with Gasteiger partial charge in [-0.1, -0.05) is 31.5 Å². The van der Waals surface area contributed by atoms with Gasteiger partial charge in [0, 0.05) is 24.8 Å². The van der Waals surface area contributed by atoms with E-state index in [9.17, 15) is 0 Å². The number of nitrogens with zero attached hydrogens (tertiary/aromatic N) is 1. The maximum absolute atomic E-state index is 3.25. The van der Waals surface area contributed by atoms with E-state index in [1.54, 1.807) is 0 Å². The van der Waals surface area contributed by atoms with E-state index in [-0.39, 0.29) is 0 Å². The number of hydrogen-bond acceptors (Lipinski definition) is 1. The quantitative estimate of drug-likeness (QED) is 0.666. The Kier molecular flexibility index (Phi) is 4.37. The van der Waals surface area contributed by atoms with Crippen LogP contribution in [0, 0.1) is 6.07 Å². The molecule has 0 aliphatic rings. The molecule has 1 aromatic carbocycles. The van der Waals surface area contributed by atoms with E-state index < -0.39 is 0 Å². The number of para-hydroxylation sites is 1. The molecule has 0 atom stereocenters. The SMILES string of the molecule is CCCCN(CC)c1[c]cccc1. The van der Waals surface area contributed by atoms with Crippen LogP contribution in [0.25, 0.3) is 0 Å². The molecule has 71 valence electrons. The second kappa shape index (κ2) is 5.63. The van der Waals surface area contributed by atoms with Gasteiger partial charge in [0.05, 0.1) is 0 Å². The van der Waals surface area contributed by atoms with Gasteiger partial charge < -0.3 is 4.90 Å². The highest BCUT2D eigenvalue weighted by molar-refractivity contribution is 5.44. The van der Waals surface area contributed by atoms with Crippen LogP contribution >= 0.6 is 0 Å². The van der Waals surface area contributed by atoms with Gasteiger partial charge >= 0.3 is 0 Å². The smallest absolute Gasteiger partial charge is 0.0446 e. The van der Waals surface area contributed by atoms with E-state index in [2.05, 4.69) is 36.9 Å². The molecular weight excluding hydrogens is 158 g/mol. The fourth-order valence-corrected chi connectivity index (χ4v) is 1.38. The lowest BCUT2D eigenvalue weighted by atomic mass is 10.2. The molecule has 0 amide bonds. The Labute approximate surface area is 81.4 Å². The van der Waals surface area contributed by atoms with Crippen LogP contribution in [0.2, 0.25) is 0 Å². The summed E-state index contributed by atoms with van der Waals surface area (Å²) in [7, 11) is 0. The molecule has 1 radical (unpaired) electrons. The molecule has 1 aromatic rings. The third-order valence-corrected chi connectivity index (χ3v) is 2.20. The van der Waals surface area contributed by atoms with Crippen LogP contribution in [0.3, 0.4) is 0 Å². The molecule has 1 rings (SSSR count). The minimum atomic E-state index is 1.07. The fourth-order valence-electron chi connectivity index (χ4n) is 1.38. The summed E-state index contributed by atoms with van der Waals surface area (Å²) in [4.78, 5) is 2.36. The Morgan fingerprint density at radius 1 is 1.31 bits per heavy atom. The van der Waals surface area contributed by atoms with Crippen LogP contribution in [0.5, 0.6) is 0 Å².